The molecule has 0 unspecified atom stereocenters. The largest absolute Gasteiger partial charge is 0.497 e. The molecule has 0 spiro atoms. The SMILES string of the molecule is COc1ccc(S(=O)(=O)N2CC[C@@H]3[C@H]2c2cc(-c4ccccc4F)ccc2N(C)[C@H]3CO)cc1. The van der Waals surface area contributed by atoms with Crippen molar-refractivity contribution < 1.29 is 22.7 Å². The van der Waals surface area contributed by atoms with Crippen molar-refractivity contribution in [1.82, 2.24) is 4.31 Å². The molecule has 2 aliphatic heterocycles. The second-order valence-electron chi connectivity index (χ2n) is 8.80. The predicted molar refractivity (Wildman–Crippen MR) is 129 cm³/mol. The summed E-state index contributed by atoms with van der Waals surface area (Å²) in [5, 5.41) is 10.2. The Morgan fingerprint density at radius 2 is 1.82 bits per heavy atom. The maximum atomic E-state index is 14.6. The first kappa shape index (κ1) is 22.8. The Bertz CT molecular complexity index is 1310. The Balaban J connectivity index is 1.63. The van der Waals surface area contributed by atoms with Crippen molar-refractivity contribution in [2.75, 3.05) is 32.2 Å². The summed E-state index contributed by atoms with van der Waals surface area (Å²) < 4.78 is 48.7. The zero-order valence-electron chi connectivity index (χ0n) is 19.1. The minimum absolute atomic E-state index is 0.0808. The van der Waals surface area contributed by atoms with Crippen molar-refractivity contribution in [3.05, 3.63) is 78.1 Å². The highest BCUT2D eigenvalue weighted by Gasteiger charge is 2.50. The van der Waals surface area contributed by atoms with Gasteiger partial charge in [0.05, 0.1) is 30.7 Å². The molecule has 8 heteroatoms. The number of ether oxygens (including phenoxy) is 1. The molecule has 0 aromatic heterocycles. The normalized spacial score (nSPS) is 22.4. The first-order chi connectivity index (χ1) is 16.4. The van der Waals surface area contributed by atoms with E-state index in [1.807, 2.05) is 30.1 Å². The van der Waals surface area contributed by atoms with Crippen molar-refractivity contribution in [2.24, 2.45) is 5.92 Å². The Morgan fingerprint density at radius 1 is 1.09 bits per heavy atom. The third-order valence-corrected chi connectivity index (χ3v) is 9.05. The molecular formula is C26H27FN2O4S. The quantitative estimate of drug-likeness (QED) is 0.594. The summed E-state index contributed by atoms with van der Waals surface area (Å²) in [4.78, 5) is 2.21. The van der Waals surface area contributed by atoms with Crippen LogP contribution in [0.4, 0.5) is 10.1 Å². The van der Waals surface area contributed by atoms with Crippen LogP contribution in [0.15, 0.2) is 71.6 Å². The minimum Gasteiger partial charge on any atom is -0.497 e. The lowest BCUT2D eigenvalue weighted by Gasteiger charge is -2.44. The predicted octanol–water partition coefficient (Wildman–Crippen LogP) is 4.06. The molecule has 34 heavy (non-hydrogen) atoms. The Labute approximate surface area is 199 Å². The number of anilines is 1. The average Bonchev–Trinajstić information content (AvgIpc) is 3.30. The van der Waals surface area contributed by atoms with Crippen LogP contribution in [0.5, 0.6) is 5.75 Å². The molecule has 1 fully saturated rings. The van der Waals surface area contributed by atoms with Crippen molar-refractivity contribution in [3.63, 3.8) is 0 Å². The van der Waals surface area contributed by atoms with E-state index in [1.165, 1.54) is 13.2 Å². The lowest BCUT2D eigenvalue weighted by atomic mass is 9.81. The molecule has 3 aromatic carbocycles. The fourth-order valence-corrected chi connectivity index (χ4v) is 7.09. The molecule has 0 amide bonds. The number of sulfonamides is 1. The molecule has 6 nitrogen and oxygen atoms in total. The second-order valence-corrected chi connectivity index (χ2v) is 10.7. The molecule has 3 atom stereocenters. The number of nitrogens with zero attached hydrogens (tertiary/aromatic N) is 2. The van der Waals surface area contributed by atoms with E-state index in [2.05, 4.69) is 0 Å². The van der Waals surface area contributed by atoms with Crippen LogP contribution in [0.1, 0.15) is 18.0 Å². The van der Waals surface area contributed by atoms with Crippen LogP contribution in [-0.4, -0.2) is 51.2 Å². The monoisotopic (exact) mass is 482 g/mol. The van der Waals surface area contributed by atoms with Gasteiger partial charge in [0, 0.05) is 30.8 Å². The summed E-state index contributed by atoms with van der Waals surface area (Å²) in [6.45, 7) is 0.264. The van der Waals surface area contributed by atoms with E-state index in [-0.39, 0.29) is 29.3 Å². The molecule has 5 rings (SSSR count). The number of hydrogen-bond donors (Lipinski definition) is 1. The lowest BCUT2D eigenvalue weighted by Crippen LogP contribution is -2.48. The molecule has 2 aliphatic rings. The average molecular weight is 483 g/mol. The first-order valence-electron chi connectivity index (χ1n) is 11.2. The number of hydrogen-bond acceptors (Lipinski definition) is 5. The van der Waals surface area contributed by atoms with E-state index in [0.717, 1.165) is 11.3 Å². The Hall–Kier alpha value is -2.94. The van der Waals surface area contributed by atoms with Crippen LogP contribution in [0.25, 0.3) is 11.1 Å². The Kier molecular flexibility index (Phi) is 5.83. The van der Waals surface area contributed by atoms with Gasteiger partial charge >= 0.3 is 0 Å². The molecule has 3 aromatic rings. The Morgan fingerprint density at radius 3 is 2.50 bits per heavy atom. The molecule has 1 N–H and O–H groups in total. The highest BCUT2D eigenvalue weighted by molar-refractivity contribution is 7.89. The molecule has 2 heterocycles. The van der Waals surface area contributed by atoms with Crippen molar-refractivity contribution in [1.29, 1.82) is 0 Å². The van der Waals surface area contributed by atoms with Crippen molar-refractivity contribution >= 4 is 15.7 Å². The number of rotatable bonds is 5. The summed E-state index contributed by atoms with van der Waals surface area (Å²) in [6.07, 6.45) is 0.624. The molecular weight excluding hydrogens is 455 g/mol. The van der Waals surface area contributed by atoms with Gasteiger partial charge in [-0.25, -0.2) is 12.8 Å². The van der Waals surface area contributed by atoms with E-state index < -0.39 is 16.1 Å². The number of benzene rings is 3. The van der Waals surface area contributed by atoms with E-state index in [0.29, 0.717) is 29.8 Å². The second kappa shape index (κ2) is 8.69. The van der Waals surface area contributed by atoms with Gasteiger partial charge in [0.15, 0.2) is 0 Å². The van der Waals surface area contributed by atoms with Gasteiger partial charge < -0.3 is 14.7 Å². The van der Waals surface area contributed by atoms with Crippen LogP contribution in [0.3, 0.4) is 0 Å². The molecule has 0 radical (unpaired) electrons. The van der Waals surface area contributed by atoms with Gasteiger partial charge in [-0.3, -0.25) is 0 Å². The van der Waals surface area contributed by atoms with E-state index >= 15 is 0 Å². The summed E-state index contributed by atoms with van der Waals surface area (Å²) in [6, 6.07) is 17.9. The summed E-state index contributed by atoms with van der Waals surface area (Å²) in [5.74, 6) is 0.162. The maximum Gasteiger partial charge on any atom is 0.243 e. The van der Waals surface area contributed by atoms with E-state index in [4.69, 9.17) is 4.74 Å². The van der Waals surface area contributed by atoms with Gasteiger partial charge in [0.1, 0.15) is 11.6 Å². The molecule has 0 aliphatic carbocycles. The molecule has 1 saturated heterocycles. The topological polar surface area (TPSA) is 70.1 Å². The highest BCUT2D eigenvalue weighted by atomic mass is 32.2. The number of aliphatic hydroxyl groups is 1. The van der Waals surface area contributed by atoms with Gasteiger partial charge in [0.25, 0.3) is 0 Å². The van der Waals surface area contributed by atoms with Gasteiger partial charge in [-0.05, 0) is 60.0 Å². The van der Waals surface area contributed by atoms with E-state index in [1.54, 1.807) is 46.8 Å². The van der Waals surface area contributed by atoms with Crippen molar-refractivity contribution in [2.45, 2.75) is 23.4 Å². The van der Waals surface area contributed by atoms with Crippen LogP contribution >= 0.6 is 0 Å². The van der Waals surface area contributed by atoms with Gasteiger partial charge in [-0.1, -0.05) is 24.3 Å². The zero-order valence-corrected chi connectivity index (χ0v) is 19.9. The third kappa shape index (κ3) is 3.57. The number of fused-ring (bicyclic) bond motifs is 3. The number of aliphatic hydroxyl groups excluding tert-OH is 1. The molecule has 0 saturated carbocycles. The molecule has 178 valence electrons. The van der Waals surface area contributed by atoms with Gasteiger partial charge in [0.2, 0.25) is 10.0 Å². The van der Waals surface area contributed by atoms with Crippen LogP contribution in [-0.2, 0) is 10.0 Å². The van der Waals surface area contributed by atoms with Gasteiger partial charge in [-0.2, -0.15) is 4.31 Å². The zero-order chi connectivity index (χ0) is 24.0. The van der Waals surface area contributed by atoms with E-state index in [9.17, 15) is 17.9 Å². The van der Waals surface area contributed by atoms with Crippen LogP contribution in [0.2, 0.25) is 0 Å². The smallest absolute Gasteiger partial charge is 0.243 e. The molecule has 0 bridgehead atoms. The minimum atomic E-state index is -3.81. The number of likely N-dealkylation sites (N-methyl/N-ethyl adjacent to an activating group) is 1. The standard InChI is InChI=1S/C26H27FN2O4S/c1-28-24-12-7-17(20-5-3-4-6-23(20)27)15-22(24)26-21(25(28)16-30)13-14-29(26)34(31,32)19-10-8-18(33-2)9-11-19/h3-12,15,21,25-26,30H,13-14,16H2,1-2H3/t21-,25-,26-/m0/s1. The lowest BCUT2D eigenvalue weighted by molar-refractivity contribution is 0.193. The number of halogens is 1. The first-order valence-corrected chi connectivity index (χ1v) is 12.7. The fraction of sp³-hybridized carbons (Fsp3) is 0.308. The van der Waals surface area contributed by atoms with Crippen LogP contribution in [0, 0.1) is 11.7 Å². The highest BCUT2D eigenvalue weighted by Crippen LogP contribution is 2.51. The fourth-order valence-electron chi connectivity index (χ4n) is 5.43. The van der Waals surface area contributed by atoms with Crippen molar-refractivity contribution in [3.8, 4) is 16.9 Å². The number of methoxy groups -OCH3 is 1. The summed E-state index contributed by atoms with van der Waals surface area (Å²) >= 11 is 0. The third-order valence-electron chi connectivity index (χ3n) is 7.15. The maximum absolute atomic E-state index is 14.6. The summed E-state index contributed by atoms with van der Waals surface area (Å²) in [7, 11) is -0.358. The summed E-state index contributed by atoms with van der Waals surface area (Å²) in [5.41, 5.74) is 2.83. The van der Waals surface area contributed by atoms with Gasteiger partial charge in [-0.15, -0.1) is 0 Å². The van der Waals surface area contributed by atoms with Crippen LogP contribution < -0.4 is 9.64 Å².